The predicted molar refractivity (Wildman–Crippen MR) is 74.3 cm³/mol. The lowest BCUT2D eigenvalue weighted by Gasteiger charge is -2.03. The summed E-state index contributed by atoms with van der Waals surface area (Å²) in [5.41, 5.74) is 3.94. The zero-order valence-corrected chi connectivity index (χ0v) is 9.90. The average Bonchev–Trinajstić information content (AvgIpc) is 2.60. The standard InChI is InChI=1S/C14H16BN/c1-4-5-9-13-11(2)12-8-6-7-10-14(12)16(13)15-3/h4-10,15H,1H2,2-3H3/b9-5-. The van der Waals surface area contributed by atoms with Gasteiger partial charge in [0.05, 0.1) is 0 Å². The first-order valence-corrected chi connectivity index (χ1v) is 5.66. The van der Waals surface area contributed by atoms with E-state index < -0.39 is 0 Å². The van der Waals surface area contributed by atoms with Gasteiger partial charge in [-0.3, -0.25) is 0 Å². The van der Waals surface area contributed by atoms with Crippen LogP contribution < -0.4 is 0 Å². The van der Waals surface area contributed by atoms with Crippen molar-refractivity contribution in [2.45, 2.75) is 13.7 Å². The molecule has 0 saturated carbocycles. The number of fused-ring (bicyclic) bond motifs is 1. The number of aryl methyl sites for hydroxylation is 1. The second-order valence-electron chi connectivity index (χ2n) is 3.87. The molecule has 0 bridgehead atoms. The van der Waals surface area contributed by atoms with E-state index in [-0.39, 0.29) is 0 Å². The highest BCUT2D eigenvalue weighted by molar-refractivity contribution is 6.34. The molecule has 16 heavy (non-hydrogen) atoms. The van der Waals surface area contributed by atoms with Crippen LogP contribution in [0.2, 0.25) is 6.82 Å². The first kappa shape index (κ1) is 10.8. The van der Waals surface area contributed by atoms with Gasteiger partial charge in [-0.1, -0.05) is 43.8 Å². The van der Waals surface area contributed by atoms with Crippen LogP contribution in [0.5, 0.6) is 0 Å². The number of hydrogen-bond acceptors (Lipinski definition) is 0. The van der Waals surface area contributed by atoms with Gasteiger partial charge < -0.3 is 4.48 Å². The number of allylic oxidation sites excluding steroid dienone is 2. The van der Waals surface area contributed by atoms with Crippen LogP contribution in [0.1, 0.15) is 11.3 Å². The van der Waals surface area contributed by atoms with Gasteiger partial charge in [-0.25, -0.2) is 0 Å². The first-order valence-electron chi connectivity index (χ1n) is 5.66. The molecule has 0 radical (unpaired) electrons. The number of nitrogens with zero attached hydrogens (tertiary/aromatic N) is 1. The monoisotopic (exact) mass is 209 g/mol. The number of hydrogen-bond donors (Lipinski definition) is 0. The average molecular weight is 209 g/mol. The smallest absolute Gasteiger partial charge is 0.239 e. The number of benzene rings is 1. The molecule has 0 saturated heterocycles. The van der Waals surface area contributed by atoms with Crippen molar-refractivity contribution in [2.24, 2.45) is 0 Å². The quantitative estimate of drug-likeness (QED) is 0.539. The summed E-state index contributed by atoms with van der Waals surface area (Å²) >= 11 is 0. The summed E-state index contributed by atoms with van der Waals surface area (Å²) in [6, 6.07) is 8.55. The normalized spacial score (nSPS) is 11.1. The molecule has 2 rings (SSSR count). The van der Waals surface area contributed by atoms with Crippen LogP contribution in [-0.2, 0) is 0 Å². The molecule has 2 aromatic rings. The third-order valence-electron chi connectivity index (χ3n) is 2.98. The van der Waals surface area contributed by atoms with Gasteiger partial charge in [-0.2, -0.15) is 0 Å². The highest BCUT2D eigenvalue weighted by Gasteiger charge is 2.09. The summed E-state index contributed by atoms with van der Waals surface area (Å²) in [4.78, 5) is 0. The molecule has 0 unspecified atom stereocenters. The van der Waals surface area contributed by atoms with E-state index in [9.17, 15) is 0 Å². The van der Waals surface area contributed by atoms with Crippen molar-refractivity contribution in [3.05, 3.63) is 54.3 Å². The summed E-state index contributed by atoms with van der Waals surface area (Å²) in [5.74, 6) is 0. The minimum absolute atomic E-state index is 0.991. The SMILES string of the molecule is C=C/C=C\c1c(C)c2ccccc2n1BC. The molecular weight excluding hydrogens is 193 g/mol. The molecule has 0 fully saturated rings. The van der Waals surface area contributed by atoms with Crippen molar-refractivity contribution in [3.8, 4) is 0 Å². The largest absolute Gasteiger partial charge is 0.390 e. The van der Waals surface area contributed by atoms with Gasteiger partial charge in [-0.15, -0.1) is 0 Å². The van der Waals surface area contributed by atoms with Gasteiger partial charge in [-0.05, 0) is 24.6 Å². The zero-order chi connectivity index (χ0) is 11.5. The summed E-state index contributed by atoms with van der Waals surface area (Å²) in [7, 11) is 0.991. The molecule has 0 aliphatic heterocycles. The Labute approximate surface area is 97.4 Å². The Morgan fingerprint density at radius 2 is 2.06 bits per heavy atom. The molecule has 1 heterocycles. The van der Waals surface area contributed by atoms with Crippen molar-refractivity contribution < 1.29 is 0 Å². The van der Waals surface area contributed by atoms with Crippen LogP contribution >= 0.6 is 0 Å². The molecule has 1 aromatic heterocycles. The fourth-order valence-electron chi connectivity index (χ4n) is 2.21. The lowest BCUT2D eigenvalue weighted by Crippen LogP contribution is -2.03. The number of rotatable bonds is 3. The lowest BCUT2D eigenvalue weighted by molar-refractivity contribution is 1.24. The maximum atomic E-state index is 3.72. The summed E-state index contributed by atoms with van der Waals surface area (Å²) in [5, 5.41) is 1.34. The molecule has 2 heteroatoms. The molecule has 80 valence electrons. The Morgan fingerprint density at radius 3 is 2.75 bits per heavy atom. The van der Waals surface area contributed by atoms with E-state index >= 15 is 0 Å². The van der Waals surface area contributed by atoms with Crippen molar-refractivity contribution in [3.63, 3.8) is 0 Å². The first-order chi connectivity index (χ1) is 7.79. The third kappa shape index (κ3) is 1.60. The van der Waals surface area contributed by atoms with Crippen molar-refractivity contribution >= 4 is 24.4 Å². The zero-order valence-electron chi connectivity index (χ0n) is 9.90. The van der Waals surface area contributed by atoms with E-state index in [2.05, 4.69) is 55.1 Å². The van der Waals surface area contributed by atoms with Gasteiger partial charge >= 0.3 is 0 Å². The molecule has 0 atom stereocenters. The van der Waals surface area contributed by atoms with Crippen LogP contribution in [-0.4, -0.2) is 11.9 Å². The third-order valence-corrected chi connectivity index (χ3v) is 2.98. The second kappa shape index (κ2) is 4.44. The van der Waals surface area contributed by atoms with Crippen molar-refractivity contribution in [1.82, 2.24) is 4.48 Å². The van der Waals surface area contributed by atoms with E-state index in [0.717, 1.165) is 7.41 Å². The van der Waals surface area contributed by atoms with Crippen molar-refractivity contribution in [2.75, 3.05) is 0 Å². The van der Waals surface area contributed by atoms with Crippen LogP contribution in [0.4, 0.5) is 0 Å². The maximum absolute atomic E-state index is 3.72. The molecular formula is C14H16BN. The fourth-order valence-corrected chi connectivity index (χ4v) is 2.21. The van der Waals surface area contributed by atoms with E-state index in [1.165, 1.54) is 22.2 Å². The van der Waals surface area contributed by atoms with Crippen LogP contribution in [0, 0.1) is 6.92 Å². The maximum Gasteiger partial charge on any atom is 0.239 e. The predicted octanol–water partition coefficient (Wildman–Crippen LogP) is 3.40. The highest BCUT2D eigenvalue weighted by Crippen LogP contribution is 2.25. The second-order valence-corrected chi connectivity index (χ2v) is 3.87. The van der Waals surface area contributed by atoms with Gasteiger partial charge in [0.15, 0.2) is 0 Å². The topological polar surface area (TPSA) is 4.93 Å². The van der Waals surface area contributed by atoms with E-state index in [1.54, 1.807) is 0 Å². The van der Waals surface area contributed by atoms with Gasteiger partial charge in [0, 0.05) is 16.6 Å². The Hall–Kier alpha value is -1.70. The van der Waals surface area contributed by atoms with Crippen LogP contribution in [0.25, 0.3) is 17.0 Å². The molecule has 1 nitrogen and oxygen atoms in total. The summed E-state index contributed by atoms with van der Waals surface area (Å²) in [6.07, 6.45) is 5.94. The number of para-hydroxylation sites is 1. The fraction of sp³-hybridized carbons (Fsp3) is 0.143. The van der Waals surface area contributed by atoms with Gasteiger partial charge in [0.2, 0.25) is 7.41 Å². The van der Waals surface area contributed by atoms with E-state index in [1.807, 2.05) is 12.2 Å². The Kier molecular flexibility index (Phi) is 3.00. The molecule has 0 aliphatic rings. The summed E-state index contributed by atoms with van der Waals surface area (Å²) < 4.78 is 2.34. The Balaban J connectivity index is 2.76. The molecule has 0 spiro atoms. The minimum Gasteiger partial charge on any atom is -0.390 e. The van der Waals surface area contributed by atoms with E-state index in [4.69, 9.17) is 0 Å². The van der Waals surface area contributed by atoms with Gasteiger partial charge in [0.25, 0.3) is 0 Å². The van der Waals surface area contributed by atoms with Crippen molar-refractivity contribution in [1.29, 1.82) is 0 Å². The van der Waals surface area contributed by atoms with E-state index in [0.29, 0.717) is 0 Å². The highest BCUT2D eigenvalue weighted by atomic mass is 14.9. The molecule has 0 aliphatic carbocycles. The number of aromatic nitrogens is 1. The molecule has 0 N–H and O–H groups in total. The molecule has 1 aromatic carbocycles. The van der Waals surface area contributed by atoms with Crippen LogP contribution in [0.15, 0.2) is 43.0 Å². The molecule has 0 amide bonds. The lowest BCUT2D eigenvalue weighted by atomic mass is 9.98. The Morgan fingerprint density at radius 1 is 1.31 bits per heavy atom. The van der Waals surface area contributed by atoms with Crippen LogP contribution in [0.3, 0.4) is 0 Å². The van der Waals surface area contributed by atoms with Gasteiger partial charge in [0.1, 0.15) is 0 Å². The minimum atomic E-state index is 0.991. The Bertz CT molecular complexity index is 549. The summed E-state index contributed by atoms with van der Waals surface area (Å²) in [6.45, 7) is 8.07.